The number of anilines is 2. The van der Waals surface area contributed by atoms with Crippen molar-refractivity contribution in [3.63, 3.8) is 0 Å². The van der Waals surface area contributed by atoms with Crippen molar-refractivity contribution in [2.45, 2.75) is 44.7 Å². The number of hydrogen-bond donors (Lipinski definition) is 2. The van der Waals surface area contributed by atoms with E-state index in [4.69, 9.17) is 28.2 Å². The van der Waals surface area contributed by atoms with Crippen LogP contribution < -0.4 is 10.6 Å². The predicted molar refractivity (Wildman–Crippen MR) is 114 cm³/mol. The Morgan fingerprint density at radius 3 is 2.56 bits per heavy atom. The molecule has 1 aliphatic rings. The van der Waals surface area contributed by atoms with Crippen LogP contribution in [0.4, 0.5) is 11.8 Å². The zero-order valence-corrected chi connectivity index (χ0v) is 16.5. The molecule has 0 atom stereocenters. The number of fused-ring (bicyclic) bond motifs is 1. The highest BCUT2D eigenvalue weighted by molar-refractivity contribution is 6.42. The van der Waals surface area contributed by atoms with Gasteiger partial charge in [-0.15, -0.1) is 0 Å². The fourth-order valence-electron chi connectivity index (χ4n) is 3.54. The highest BCUT2D eigenvalue weighted by Gasteiger charge is 2.16. The number of nitrogens with zero attached hydrogens (tertiary/aromatic N) is 2. The van der Waals surface area contributed by atoms with Gasteiger partial charge in [-0.25, -0.2) is 4.98 Å². The summed E-state index contributed by atoms with van der Waals surface area (Å²) in [6, 6.07) is 14.2. The fraction of sp³-hybridized carbons (Fsp3) is 0.333. The molecule has 0 aliphatic heterocycles. The zero-order valence-electron chi connectivity index (χ0n) is 15.0. The number of hydrogen-bond acceptors (Lipinski definition) is 4. The molecule has 1 aromatic heterocycles. The summed E-state index contributed by atoms with van der Waals surface area (Å²) in [5.74, 6) is 1.52. The molecule has 3 aromatic rings. The average molecular weight is 401 g/mol. The first-order chi connectivity index (χ1) is 13.2. The van der Waals surface area contributed by atoms with Gasteiger partial charge in [0.1, 0.15) is 5.82 Å². The molecular weight excluding hydrogens is 379 g/mol. The van der Waals surface area contributed by atoms with Crippen LogP contribution in [0, 0.1) is 0 Å². The van der Waals surface area contributed by atoms with Gasteiger partial charge >= 0.3 is 0 Å². The standard InChI is InChI=1S/C21H22Cl2N4/c22-17-11-10-14(12-18(17)23)13-24-21-26-19-9-5-4-8-16(19)20(27-21)25-15-6-2-1-3-7-15/h4-5,8-12,15H,1-3,6-7,13H2,(H2,24,25,26,27). The Morgan fingerprint density at radius 1 is 0.926 bits per heavy atom. The molecule has 6 heteroatoms. The maximum atomic E-state index is 6.11. The monoisotopic (exact) mass is 400 g/mol. The first kappa shape index (κ1) is 18.3. The number of para-hydroxylation sites is 1. The Kier molecular flexibility index (Phi) is 5.65. The van der Waals surface area contributed by atoms with E-state index < -0.39 is 0 Å². The lowest BCUT2D eigenvalue weighted by Crippen LogP contribution is -2.23. The molecular formula is C21H22Cl2N4. The number of rotatable bonds is 5. The van der Waals surface area contributed by atoms with Crippen LogP contribution in [0.3, 0.4) is 0 Å². The van der Waals surface area contributed by atoms with E-state index in [1.165, 1.54) is 32.1 Å². The molecule has 1 saturated carbocycles. The minimum absolute atomic E-state index is 0.486. The zero-order chi connectivity index (χ0) is 18.6. The van der Waals surface area contributed by atoms with Crippen LogP contribution in [0.2, 0.25) is 10.0 Å². The quantitative estimate of drug-likeness (QED) is 0.527. The summed E-state index contributed by atoms with van der Waals surface area (Å²) in [6.45, 7) is 0.581. The highest BCUT2D eigenvalue weighted by atomic mass is 35.5. The molecule has 0 radical (unpaired) electrons. The molecule has 2 N–H and O–H groups in total. The molecule has 0 unspecified atom stereocenters. The van der Waals surface area contributed by atoms with Crippen molar-refractivity contribution >= 4 is 45.9 Å². The van der Waals surface area contributed by atoms with E-state index in [1.54, 1.807) is 6.07 Å². The van der Waals surface area contributed by atoms with E-state index in [0.29, 0.717) is 28.6 Å². The van der Waals surface area contributed by atoms with Crippen molar-refractivity contribution in [2.75, 3.05) is 10.6 Å². The van der Waals surface area contributed by atoms with E-state index in [1.807, 2.05) is 30.3 Å². The van der Waals surface area contributed by atoms with E-state index in [0.717, 1.165) is 22.3 Å². The van der Waals surface area contributed by atoms with Gasteiger partial charge in [-0.2, -0.15) is 4.98 Å². The van der Waals surface area contributed by atoms with Gasteiger partial charge in [0.2, 0.25) is 5.95 Å². The molecule has 0 spiro atoms. The van der Waals surface area contributed by atoms with Crippen molar-refractivity contribution < 1.29 is 0 Å². The van der Waals surface area contributed by atoms with Crippen LogP contribution in [0.5, 0.6) is 0 Å². The molecule has 4 nitrogen and oxygen atoms in total. The number of benzene rings is 2. The molecule has 140 valence electrons. The summed E-state index contributed by atoms with van der Waals surface area (Å²) in [5, 5.41) is 9.13. The Balaban J connectivity index is 1.57. The van der Waals surface area contributed by atoms with Crippen LogP contribution in [-0.2, 0) is 6.54 Å². The molecule has 0 bridgehead atoms. The number of aromatic nitrogens is 2. The second-order valence-corrected chi connectivity index (χ2v) is 7.81. The van der Waals surface area contributed by atoms with Crippen molar-refractivity contribution in [1.82, 2.24) is 9.97 Å². The first-order valence-corrected chi connectivity index (χ1v) is 10.2. The van der Waals surface area contributed by atoms with Gasteiger partial charge in [0.25, 0.3) is 0 Å². The third-order valence-corrected chi connectivity index (χ3v) is 5.72. The molecule has 1 fully saturated rings. The van der Waals surface area contributed by atoms with Gasteiger partial charge < -0.3 is 10.6 Å². The third-order valence-electron chi connectivity index (χ3n) is 4.98. The van der Waals surface area contributed by atoms with Crippen LogP contribution in [-0.4, -0.2) is 16.0 Å². The third kappa shape index (κ3) is 4.45. The van der Waals surface area contributed by atoms with Crippen LogP contribution >= 0.6 is 23.2 Å². The molecule has 1 heterocycles. The molecule has 0 saturated heterocycles. The summed E-state index contributed by atoms with van der Waals surface area (Å²) in [4.78, 5) is 9.42. The SMILES string of the molecule is Clc1ccc(CNc2nc(NC3CCCCC3)c3ccccc3n2)cc1Cl. The summed E-state index contributed by atoms with van der Waals surface area (Å²) < 4.78 is 0. The normalized spacial score (nSPS) is 15.0. The summed E-state index contributed by atoms with van der Waals surface area (Å²) in [6.07, 6.45) is 6.29. The maximum Gasteiger partial charge on any atom is 0.225 e. The van der Waals surface area contributed by atoms with Gasteiger partial charge in [-0.05, 0) is 42.7 Å². The molecule has 1 aliphatic carbocycles. The lowest BCUT2D eigenvalue weighted by molar-refractivity contribution is 0.462. The topological polar surface area (TPSA) is 49.8 Å². The predicted octanol–water partition coefficient (Wildman–Crippen LogP) is 6.29. The molecule has 27 heavy (non-hydrogen) atoms. The van der Waals surface area contributed by atoms with Gasteiger partial charge in [0.05, 0.1) is 15.6 Å². The van der Waals surface area contributed by atoms with E-state index >= 15 is 0 Å². The van der Waals surface area contributed by atoms with E-state index in [9.17, 15) is 0 Å². The van der Waals surface area contributed by atoms with E-state index in [-0.39, 0.29) is 0 Å². The van der Waals surface area contributed by atoms with Crippen LogP contribution in [0.15, 0.2) is 42.5 Å². The smallest absolute Gasteiger partial charge is 0.225 e. The van der Waals surface area contributed by atoms with Crippen molar-refractivity contribution in [3.05, 3.63) is 58.1 Å². The average Bonchev–Trinajstić information content (AvgIpc) is 2.70. The number of halogens is 2. The van der Waals surface area contributed by atoms with Gasteiger partial charge in [0.15, 0.2) is 0 Å². The second kappa shape index (κ2) is 8.32. The molecule has 2 aromatic carbocycles. The first-order valence-electron chi connectivity index (χ1n) is 9.40. The maximum absolute atomic E-state index is 6.11. The van der Waals surface area contributed by atoms with E-state index in [2.05, 4.69) is 21.7 Å². The fourth-order valence-corrected chi connectivity index (χ4v) is 3.86. The lowest BCUT2D eigenvalue weighted by Gasteiger charge is -2.24. The minimum atomic E-state index is 0.486. The van der Waals surface area contributed by atoms with Crippen molar-refractivity contribution in [1.29, 1.82) is 0 Å². The van der Waals surface area contributed by atoms with Gasteiger partial charge in [0, 0.05) is 18.0 Å². The summed E-state index contributed by atoms with van der Waals surface area (Å²) in [5.41, 5.74) is 1.96. The Hall–Kier alpha value is -2.04. The van der Waals surface area contributed by atoms with Gasteiger partial charge in [-0.1, -0.05) is 60.7 Å². The number of nitrogens with one attached hydrogen (secondary N) is 2. The molecule has 0 amide bonds. The van der Waals surface area contributed by atoms with Crippen molar-refractivity contribution in [3.8, 4) is 0 Å². The van der Waals surface area contributed by atoms with Crippen LogP contribution in [0.25, 0.3) is 10.9 Å². The molecule has 4 rings (SSSR count). The Bertz CT molecular complexity index is 939. The Morgan fingerprint density at radius 2 is 1.74 bits per heavy atom. The highest BCUT2D eigenvalue weighted by Crippen LogP contribution is 2.27. The largest absolute Gasteiger partial charge is 0.367 e. The summed E-state index contributed by atoms with van der Waals surface area (Å²) in [7, 11) is 0. The minimum Gasteiger partial charge on any atom is -0.367 e. The van der Waals surface area contributed by atoms with Crippen molar-refractivity contribution in [2.24, 2.45) is 0 Å². The second-order valence-electron chi connectivity index (χ2n) is 6.99. The summed E-state index contributed by atoms with van der Waals surface area (Å²) >= 11 is 12.1. The van der Waals surface area contributed by atoms with Crippen LogP contribution in [0.1, 0.15) is 37.7 Å². The lowest BCUT2D eigenvalue weighted by atomic mass is 9.95. The Labute approximate surface area is 169 Å². The van der Waals surface area contributed by atoms with Gasteiger partial charge in [-0.3, -0.25) is 0 Å².